The molecule has 0 aromatic carbocycles. The maximum Gasteiger partial charge on any atom is 0.300 e. The highest BCUT2D eigenvalue weighted by molar-refractivity contribution is 5.62. The highest BCUT2D eigenvalue weighted by Crippen LogP contribution is 2.03. The van der Waals surface area contributed by atoms with Gasteiger partial charge in [-0.25, -0.2) is 0 Å². The van der Waals surface area contributed by atoms with E-state index in [2.05, 4.69) is 27.7 Å². The fourth-order valence-corrected chi connectivity index (χ4v) is 1.56. The molecule has 0 amide bonds. The summed E-state index contributed by atoms with van der Waals surface area (Å²) in [4.78, 5) is 9.00. The van der Waals surface area contributed by atoms with Crippen LogP contribution in [0.25, 0.3) is 0 Å². The lowest BCUT2D eigenvalue weighted by atomic mass is 10.1. The standard InChI is InChI=1S/2C8H17.C2H4O2/c2*1-3-5-7-8-6-4-2;1-2(3)4/h2*1,3-8H2,2H3;1H3,(H,3,4). The van der Waals surface area contributed by atoms with Gasteiger partial charge in [-0.05, 0) is 0 Å². The molecule has 0 rings (SSSR count). The third kappa shape index (κ3) is 52.8. The Kier molecular flexibility index (Phi) is 33.0. The second kappa shape index (κ2) is 26.9. The summed E-state index contributed by atoms with van der Waals surface area (Å²) in [5.74, 6) is -0.833. The van der Waals surface area contributed by atoms with Gasteiger partial charge in [-0.15, -0.1) is 0 Å². The fraction of sp³-hybridized carbons (Fsp3) is 0.833. The molecule has 0 unspecified atom stereocenters. The number of rotatable bonds is 10. The predicted molar refractivity (Wildman–Crippen MR) is 90.8 cm³/mol. The third-order valence-electron chi connectivity index (χ3n) is 2.71. The molecule has 0 heterocycles. The Hall–Kier alpha value is -0.530. The zero-order chi connectivity index (χ0) is 16.1. The van der Waals surface area contributed by atoms with Crippen molar-refractivity contribution >= 4 is 5.97 Å². The molecule has 0 fully saturated rings. The summed E-state index contributed by atoms with van der Waals surface area (Å²) in [7, 11) is 0. The van der Waals surface area contributed by atoms with Gasteiger partial charge >= 0.3 is 0 Å². The smallest absolute Gasteiger partial charge is 0.300 e. The van der Waals surface area contributed by atoms with Gasteiger partial charge in [-0.3, -0.25) is 4.79 Å². The van der Waals surface area contributed by atoms with Gasteiger partial charge in [0, 0.05) is 6.92 Å². The average molecular weight is 286 g/mol. The maximum atomic E-state index is 9.00. The van der Waals surface area contributed by atoms with Crippen LogP contribution >= 0.6 is 0 Å². The van der Waals surface area contributed by atoms with E-state index < -0.39 is 5.97 Å². The van der Waals surface area contributed by atoms with Crippen LogP contribution in [0.3, 0.4) is 0 Å². The number of carbonyl (C=O) groups is 1. The monoisotopic (exact) mass is 286 g/mol. The summed E-state index contributed by atoms with van der Waals surface area (Å²) in [5, 5.41) is 7.42. The lowest BCUT2D eigenvalue weighted by Crippen LogP contribution is -1.78. The van der Waals surface area contributed by atoms with E-state index in [4.69, 9.17) is 9.90 Å². The summed E-state index contributed by atoms with van der Waals surface area (Å²) in [6.07, 6.45) is 16.0. The Balaban J connectivity index is -0.000000230. The number of carboxylic acid groups (broad SMARTS) is 1. The SMILES string of the molecule is CC(=O)O.[CH2]CCCCCCC.[CH2]CCCCCCC. The van der Waals surface area contributed by atoms with Gasteiger partial charge in [0.25, 0.3) is 5.97 Å². The van der Waals surface area contributed by atoms with Crippen LogP contribution in [-0.4, -0.2) is 11.1 Å². The molecule has 0 aromatic heterocycles. The topological polar surface area (TPSA) is 37.3 Å². The van der Waals surface area contributed by atoms with E-state index in [1.54, 1.807) is 0 Å². The summed E-state index contributed by atoms with van der Waals surface area (Å²) >= 11 is 0. The fourth-order valence-electron chi connectivity index (χ4n) is 1.56. The van der Waals surface area contributed by atoms with E-state index in [0.29, 0.717) is 0 Å². The molecule has 0 bridgehead atoms. The van der Waals surface area contributed by atoms with Crippen molar-refractivity contribution in [2.24, 2.45) is 0 Å². The quantitative estimate of drug-likeness (QED) is 0.468. The highest BCUT2D eigenvalue weighted by Gasteiger charge is 1.84. The van der Waals surface area contributed by atoms with E-state index in [-0.39, 0.29) is 0 Å². The molecule has 1 N–H and O–H groups in total. The molecule has 0 aliphatic heterocycles. The van der Waals surface area contributed by atoms with E-state index in [9.17, 15) is 0 Å². The Labute approximate surface area is 128 Å². The lowest BCUT2D eigenvalue weighted by molar-refractivity contribution is -0.134. The van der Waals surface area contributed by atoms with Crippen LogP contribution in [0.1, 0.15) is 97.8 Å². The second-order valence-electron chi connectivity index (χ2n) is 5.05. The van der Waals surface area contributed by atoms with Crippen molar-refractivity contribution in [1.82, 2.24) is 0 Å². The number of hydrogen-bond acceptors (Lipinski definition) is 1. The summed E-state index contributed by atoms with van der Waals surface area (Å²) in [6.45, 7) is 13.1. The molecule has 2 heteroatoms. The molecule has 0 atom stereocenters. The van der Waals surface area contributed by atoms with E-state index in [0.717, 1.165) is 19.8 Å². The maximum absolute atomic E-state index is 9.00. The molecule has 0 spiro atoms. The minimum absolute atomic E-state index is 0.833. The molecular formula is C18H38O2. The van der Waals surface area contributed by atoms with Crippen LogP contribution in [0.4, 0.5) is 0 Å². The molecule has 0 aliphatic carbocycles. The number of carboxylic acids is 1. The van der Waals surface area contributed by atoms with Gasteiger partial charge in [-0.2, -0.15) is 0 Å². The Morgan fingerprint density at radius 2 is 1.00 bits per heavy atom. The molecule has 0 saturated carbocycles. The molecule has 20 heavy (non-hydrogen) atoms. The Bertz CT molecular complexity index is 127. The lowest BCUT2D eigenvalue weighted by Gasteiger charge is -1.93. The normalized spacial score (nSPS) is 9.05. The van der Waals surface area contributed by atoms with Gasteiger partial charge < -0.3 is 5.11 Å². The minimum atomic E-state index is -0.833. The van der Waals surface area contributed by atoms with Crippen molar-refractivity contribution in [3.8, 4) is 0 Å². The van der Waals surface area contributed by atoms with Gasteiger partial charge in [0.1, 0.15) is 0 Å². The van der Waals surface area contributed by atoms with Crippen LogP contribution in [0, 0.1) is 13.8 Å². The second-order valence-corrected chi connectivity index (χ2v) is 5.05. The van der Waals surface area contributed by atoms with Crippen molar-refractivity contribution in [1.29, 1.82) is 0 Å². The van der Waals surface area contributed by atoms with E-state index in [1.165, 1.54) is 64.2 Å². The third-order valence-corrected chi connectivity index (χ3v) is 2.71. The largest absolute Gasteiger partial charge is 0.481 e. The molecular weight excluding hydrogens is 248 g/mol. The Morgan fingerprint density at radius 3 is 1.20 bits per heavy atom. The van der Waals surface area contributed by atoms with Gasteiger partial charge in [0.05, 0.1) is 0 Å². The number of hydrogen-bond donors (Lipinski definition) is 1. The number of aliphatic carboxylic acids is 1. The zero-order valence-electron chi connectivity index (χ0n) is 14.3. The first kappa shape index (κ1) is 24.5. The van der Waals surface area contributed by atoms with Crippen molar-refractivity contribution in [3.63, 3.8) is 0 Å². The van der Waals surface area contributed by atoms with Gasteiger partial charge in [0.15, 0.2) is 0 Å². The van der Waals surface area contributed by atoms with Crippen molar-refractivity contribution < 1.29 is 9.90 Å². The van der Waals surface area contributed by atoms with Gasteiger partial charge in [-0.1, -0.05) is 105 Å². The Morgan fingerprint density at radius 1 is 0.750 bits per heavy atom. The first-order chi connectivity index (χ1) is 9.56. The molecule has 0 saturated heterocycles. The van der Waals surface area contributed by atoms with Gasteiger partial charge in [0.2, 0.25) is 0 Å². The summed E-state index contributed by atoms with van der Waals surface area (Å²) in [5.41, 5.74) is 0. The zero-order valence-corrected chi connectivity index (χ0v) is 14.3. The first-order valence-electron chi connectivity index (χ1n) is 8.34. The van der Waals surface area contributed by atoms with Crippen molar-refractivity contribution in [3.05, 3.63) is 13.8 Å². The molecule has 0 aromatic rings. The van der Waals surface area contributed by atoms with Crippen LogP contribution in [0.2, 0.25) is 0 Å². The van der Waals surface area contributed by atoms with E-state index in [1.807, 2.05) is 0 Å². The van der Waals surface area contributed by atoms with Crippen LogP contribution in [-0.2, 0) is 4.79 Å². The molecule has 122 valence electrons. The molecule has 2 nitrogen and oxygen atoms in total. The van der Waals surface area contributed by atoms with Crippen LogP contribution in [0.15, 0.2) is 0 Å². The molecule has 2 radical (unpaired) electrons. The van der Waals surface area contributed by atoms with Crippen LogP contribution in [0.5, 0.6) is 0 Å². The van der Waals surface area contributed by atoms with E-state index >= 15 is 0 Å². The average Bonchev–Trinajstić information content (AvgIpc) is 2.40. The predicted octanol–water partition coefficient (Wildman–Crippen LogP) is 6.45. The number of unbranched alkanes of at least 4 members (excludes halogenated alkanes) is 10. The summed E-state index contributed by atoms with van der Waals surface area (Å²) in [6, 6.07) is 0. The minimum Gasteiger partial charge on any atom is -0.481 e. The van der Waals surface area contributed by atoms with Crippen molar-refractivity contribution in [2.75, 3.05) is 0 Å². The highest BCUT2D eigenvalue weighted by atomic mass is 16.4. The summed E-state index contributed by atoms with van der Waals surface area (Å²) < 4.78 is 0. The van der Waals surface area contributed by atoms with Crippen LogP contribution < -0.4 is 0 Å². The molecule has 0 aliphatic rings. The first-order valence-corrected chi connectivity index (χ1v) is 8.34. The van der Waals surface area contributed by atoms with Crippen molar-refractivity contribution in [2.45, 2.75) is 97.8 Å².